The first-order valence-corrected chi connectivity index (χ1v) is 14.4. The molecule has 0 aliphatic carbocycles. The van der Waals surface area contributed by atoms with Crippen molar-refractivity contribution in [3.05, 3.63) is 87.8 Å². The fraction of sp³-hybridized carbons (Fsp3) is 0.344. The third kappa shape index (κ3) is 6.33. The van der Waals surface area contributed by atoms with Crippen LogP contribution in [0.3, 0.4) is 0 Å². The Balaban J connectivity index is 1.40. The second-order valence-corrected chi connectivity index (χ2v) is 10.7. The molecule has 3 N–H and O–H groups in total. The number of hydrogen-bond acceptors (Lipinski definition) is 8. The Morgan fingerprint density at radius 2 is 1.95 bits per heavy atom. The van der Waals surface area contributed by atoms with E-state index in [1.807, 2.05) is 54.3 Å². The molecule has 1 aliphatic rings. The van der Waals surface area contributed by atoms with Crippen molar-refractivity contribution in [2.24, 2.45) is 13.0 Å². The van der Waals surface area contributed by atoms with Gasteiger partial charge >= 0.3 is 0 Å². The highest BCUT2D eigenvalue weighted by atomic mass is 16.3. The Morgan fingerprint density at radius 1 is 1.12 bits per heavy atom. The molecule has 5 rings (SSSR count). The summed E-state index contributed by atoms with van der Waals surface area (Å²) in [6, 6.07) is 16.8. The Labute approximate surface area is 245 Å². The van der Waals surface area contributed by atoms with Gasteiger partial charge in [0.1, 0.15) is 11.5 Å². The molecule has 0 bridgehead atoms. The maximum absolute atomic E-state index is 13.3. The lowest BCUT2D eigenvalue weighted by Gasteiger charge is -2.17. The van der Waals surface area contributed by atoms with Crippen molar-refractivity contribution < 1.29 is 9.90 Å². The van der Waals surface area contributed by atoms with Crippen molar-refractivity contribution in [1.82, 2.24) is 19.7 Å². The topological polar surface area (TPSA) is 125 Å². The lowest BCUT2D eigenvalue weighted by atomic mass is 10.0. The second-order valence-electron chi connectivity index (χ2n) is 10.7. The molecule has 0 spiro atoms. The summed E-state index contributed by atoms with van der Waals surface area (Å²) in [5.74, 6) is 1.10. The van der Waals surface area contributed by atoms with Gasteiger partial charge in [-0.1, -0.05) is 43.7 Å². The summed E-state index contributed by atoms with van der Waals surface area (Å²) in [4.78, 5) is 37.4. The van der Waals surface area contributed by atoms with Crippen molar-refractivity contribution in [2.45, 2.75) is 39.5 Å². The number of amides is 1. The van der Waals surface area contributed by atoms with Gasteiger partial charge in [0.2, 0.25) is 5.95 Å². The fourth-order valence-electron chi connectivity index (χ4n) is 5.27. The zero-order valence-electron chi connectivity index (χ0n) is 24.3. The van der Waals surface area contributed by atoms with E-state index in [-0.39, 0.29) is 24.0 Å². The Morgan fingerprint density at radius 3 is 2.74 bits per heavy atom. The molecular formula is C32H37N7O3. The maximum Gasteiger partial charge on any atom is 0.290 e. The van der Waals surface area contributed by atoms with Crippen LogP contribution in [0.15, 0.2) is 65.6 Å². The molecule has 1 saturated heterocycles. The number of benzene rings is 2. The number of carbonyl (C=O) groups is 1. The number of unbranched alkanes of at least 4 members (excludes halogenated alkanes) is 1. The van der Waals surface area contributed by atoms with Gasteiger partial charge in [-0.25, -0.2) is 9.67 Å². The van der Waals surface area contributed by atoms with E-state index in [0.717, 1.165) is 48.9 Å². The molecule has 2 aromatic heterocycles. The summed E-state index contributed by atoms with van der Waals surface area (Å²) in [5, 5.41) is 20.2. The van der Waals surface area contributed by atoms with Crippen LogP contribution in [0.1, 0.15) is 47.7 Å². The van der Waals surface area contributed by atoms with Gasteiger partial charge in [-0.05, 0) is 61.6 Å². The standard InChI is InChI=1S/C32H37N7O3/c1-4-5-9-23-10-6-7-11-25(23)30(41)35-26-13-8-12-24(21(26)2)27-18-28(31(42)38(3)37-27)34-29-14-16-33-32(36-29)39-17-15-22(19-39)20-40/h6-8,10-14,16,18,22,40H,4-5,9,15,17,19-20H2,1-3H3,(H,35,41)(H,33,34,36). The van der Waals surface area contributed by atoms with Crippen LogP contribution >= 0.6 is 0 Å². The zero-order chi connectivity index (χ0) is 29.6. The lowest BCUT2D eigenvalue weighted by molar-refractivity contribution is 0.102. The highest BCUT2D eigenvalue weighted by Crippen LogP contribution is 2.29. The van der Waals surface area contributed by atoms with E-state index < -0.39 is 0 Å². The number of rotatable bonds is 10. The average Bonchev–Trinajstić information content (AvgIpc) is 3.49. The molecule has 0 radical (unpaired) electrons. The molecule has 42 heavy (non-hydrogen) atoms. The van der Waals surface area contributed by atoms with Crippen LogP contribution < -0.4 is 21.1 Å². The quantitative estimate of drug-likeness (QED) is 0.252. The van der Waals surface area contributed by atoms with Crippen LogP contribution in [0.25, 0.3) is 11.3 Å². The molecule has 2 aromatic carbocycles. The molecule has 4 aromatic rings. The van der Waals surface area contributed by atoms with E-state index in [4.69, 9.17) is 0 Å². The summed E-state index contributed by atoms with van der Waals surface area (Å²) in [6.07, 6.45) is 5.47. The maximum atomic E-state index is 13.3. The van der Waals surface area contributed by atoms with Crippen molar-refractivity contribution in [3.63, 3.8) is 0 Å². The normalized spacial score (nSPS) is 14.7. The summed E-state index contributed by atoms with van der Waals surface area (Å²) in [6.45, 7) is 5.67. The number of anilines is 4. The fourth-order valence-corrected chi connectivity index (χ4v) is 5.27. The summed E-state index contributed by atoms with van der Waals surface area (Å²) >= 11 is 0. The van der Waals surface area contributed by atoms with Crippen molar-refractivity contribution in [1.29, 1.82) is 0 Å². The minimum atomic E-state index is -0.300. The Kier molecular flexibility index (Phi) is 8.92. The lowest BCUT2D eigenvalue weighted by Crippen LogP contribution is -2.24. The first-order valence-electron chi connectivity index (χ1n) is 14.4. The van der Waals surface area contributed by atoms with Gasteiger partial charge in [-0.15, -0.1) is 0 Å². The van der Waals surface area contributed by atoms with Crippen LogP contribution in [-0.2, 0) is 13.5 Å². The summed E-state index contributed by atoms with van der Waals surface area (Å²) in [7, 11) is 1.61. The molecule has 218 valence electrons. The number of nitrogens with zero attached hydrogens (tertiary/aromatic N) is 5. The first kappa shape index (κ1) is 28.9. The number of hydrogen-bond donors (Lipinski definition) is 3. The third-order valence-corrected chi connectivity index (χ3v) is 7.72. The molecule has 0 saturated carbocycles. The molecule has 10 nitrogen and oxygen atoms in total. The summed E-state index contributed by atoms with van der Waals surface area (Å²) in [5.41, 5.74) is 4.62. The molecule has 1 atom stereocenters. The molecule has 1 aliphatic heterocycles. The SMILES string of the molecule is CCCCc1ccccc1C(=O)Nc1cccc(-c2cc(Nc3ccnc(N4CCC(CO)C4)n3)c(=O)n(C)n2)c1C. The molecule has 1 unspecified atom stereocenters. The predicted octanol–water partition coefficient (Wildman–Crippen LogP) is 4.70. The number of aliphatic hydroxyl groups excluding tert-OH is 1. The van der Waals surface area contributed by atoms with E-state index >= 15 is 0 Å². The third-order valence-electron chi connectivity index (χ3n) is 7.72. The Hall–Kier alpha value is -4.57. The van der Waals surface area contributed by atoms with E-state index in [2.05, 4.69) is 32.6 Å². The minimum Gasteiger partial charge on any atom is -0.396 e. The Bertz CT molecular complexity index is 1630. The predicted molar refractivity (Wildman–Crippen MR) is 165 cm³/mol. The van der Waals surface area contributed by atoms with E-state index in [0.29, 0.717) is 40.9 Å². The van der Waals surface area contributed by atoms with Crippen molar-refractivity contribution in [3.8, 4) is 11.3 Å². The second kappa shape index (κ2) is 12.9. The number of carbonyl (C=O) groups excluding carboxylic acids is 1. The van der Waals surface area contributed by atoms with Gasteiger partial charge < -0.3 is 20.6 Å². The summed E-state index contributed by atoms with van der Waals surface area (Å²) < 4.78 is 1.29. The van der Waals surface area contributed by atoms with Gasteiger partial charge in [0.25, 0.3) is 11.5 Å². The number of aliphatic hydroxyl groups is 1. The van der Waals surface area contributed by atoms with Crippen LogP contribution in [0.5, 0.6) is 0 Å². The van der Waals surface area contributed by atoms with Gasteiger partial charge in [-0.2, -0.15) is 10.1 Å². The van der Waals surface area contributed by atoms with E-state index in [1.54, 1.807) is 25.4 Å². The van der Waals surface area contributed by atoms with Gasteiger partial charge in [0, 0.05) is 55.7 Å². The highest BCUT2D eigenvalue weighted by molar-refractivity contribution is 6.06. The smallest absolute Gasteiger partial charge is 0.290 e. The van der Waals surface area contributed by atoms with Gasteiger partial charge in [0.05, 0.1) is 5.69 Å². The number of aromatic nitrogens is 4. The van der Waals surface area contributed by atoms with Crippen molar-refractivity contribution >= 4 is 29.0 Å². The zero-order valence-corrected chi connectivity index (χ0v) is 24.3. The molecular weight excluding hydrogens is 530 g/mol. The molecule has 3 heterocycles. The van der Waals surface area contributed by atoms with Gasteiger partial charge in [-0.3, -0.25) is 9.59 Å². The molecule has 1 amide bonds. The largest absolute Gasteiger partial charge is 0.396 e. The molecule has 10 heteroatoms. The van der Waals surface area contributed by atoms with E-state index in [9.17, 15) is 14.7 Å². The number of aryl methyl sites for hydroxylation is 2. The van der Waals surface area contributed by atoms with Crippen LogP contribution in [-0.4, -0.2) is 50.5 Å². The van der Waals surface area contributed by atoms with Crippen LogP contribution in [0, 0.1) is 12.8 Å². The highest BCUT2D eigenvalue weighted by Gasteiger charge is 2.24. The monoisotopic (exact) mass is 567 g/mol. The molecule has 1 fully saturated rings. The van der Waals surface area contributed by atoms with Crippen LogP contribution in [0.4, 0.5) is 23.1 Å². The first-order chi connectivity index (χ1) is 20.4. The number of nitrogens with one attached hydrogen (secondary N) is 2. The van der Waals surface area contributed by atoms with Gasteiger partial charge in [0.15, 0.2) is 0 Å². The van der Waals surface area contributed by atoms with Crippen LogP contribution in [0.2, 0.25) is 0 Å². The minimum absolute atomic E-state index is 0.140. The average molecular weight is 568 g/mol. The van der Waals surface area contributed by atoms with Crippen molar-refractivity contribution in [2.75, 3.05) is 35.2 Å². The van der Waals surface area contributed by atoms with E-state index in [1.165, 1.54) is 4.68 Å².